The van der Waals surface area contributed by atoms with Gasteiger partial charge in [-0.3, -0.25) is 18.9 Å². The van der Waals surface area contributed by atoms with Crippen LogP contribution in [-0.4, -0.2) is 50.1 Å². The summed E-state index contributed by atoms with van der Waals surface area (Å²) in [7, 11) is -3.95. The molecule has 1 amide bonds. The first-order valence-corrected chi connectivity index (χ1v) is 11.8. The number of para-hydroxylation sites is 1. The number of hydrogen-bond donors (Lipinski definition) is 1. The van der Waals surface area contributed by atoms with Crippen molar-refractivity contribution < 1.29 is 17.9 Å². The highest BCUT2D eigenvalue weighted by atomic mass is 32.2. The van der Waals surface area contributed by atoms with Gasteiger partial charge < -0.3 is 9.64 Å². The molecule has 1 saturated heterocycles. The zero-order valence-electron chi connectivity index (χ0n) is 16.3. The molecule has 1 fully saturated rings. The second-order valence-electron chi connectivity index (χ2n) is 6.80. The fourth-order valence-corrected chi connectivity index (χ4v) is 5.59. The van der Waals surface area contributed by atoms with E-state index in [1.54, 1.807) is 39.8 Å². The maximum absolute atomic E-state index is 13.0. The van der Waals surface area contributed by atoms with E-state index >= 15 is 0 Å². The van der Waals surface area contributed by atoms with E-state index in [1.165, 1.54) is 12.1 Å². The lowest BCUT2D eigenvalue weighted by molar-refractivity contribution is 0.0303. The predicted molar refractivity (Wildman–Crippen MR) is 116 cm³/mol. The first-order chi connectivity index (χ1) is 14.4. The van der Waals surface area contributed by atoms with Gasteiger partial charge in [-0.2, -0.15) is 0 Å². The fourth-order valence-electron chi connectivity index (χ4n) is 3.41. The van der Waals surface area contributed by atoms with Crippen LogP contribution in [0, 0.1) is 0 Å². The van der Waals surface area contributed by atoms with Crippen LogP contribution in [0.3, 0.4) is 0 Å². The van der Waals surface area contributed by atoms with Gasteiger partial charge in [-0.25, -0.2) is 8.42 Å². The SMILES string of the molecule is CCn1c(=O)sc2cc(S(=O)(=O)Nc3ccccc3C(=O)N3CCOCC3)ccc21. The standard InChI is InChI=1S/C20H21N3O5S2/c1-2-23-17-8-7-14(13-18(17)29-20(23)25)30(26,27)21-16-6-4-3-5-15(16)19(24)22-9-11-28-12-10-22/h3-8,13,21H,2,9-12H2,1H3. The number of ether oxygens (including phenoxy) is 1. The van der Waals surface area contributed by atoms with Crippen LogP contribution in [0.4, 0.5) is 5.69 Å². The average Bonchev–Trinajstić information content (AvgIpc) is 3.08. The van der Waals surface area contributed by atoms with Crippen LogP contribution in [0.25, 0.3) is 10.2 Å². The number of carbonyl (C=O) groups excluding carboxylic acids is 1. The number of nitrogens with zero attached hydrogens (tertiary/aromatic N) is 2. The summed E-state index contributed by atoms with van der Waals surface area (Å²) >= 11 is 1.01. The number of benzene rings is 2. The third-order valence-electron chi connectivity index (χ3n) is 4.97. The monoisotopic (exact) mass is 447 g/mol. The zero-order chi connectivity index (χ0) is 21.3. The van der Waals surface area contributed by atoms with E-state index in [0.717, 1.165) is 11.3 Å². The zero-order valence-corrected chi connectivity index (χ0v) is 18.0. The summed E-state index contributed by atoms with van der Waals surface area (Å²) in [5, 5.41) is 0. The number of morpholine rings is 1. The smallest absolute Gasteiger partial charge is 0.308 e. The Balaban J connectivity index is 1.66. The first-order valence-electron chi connectivity index (χ1n) is 9.53. The molecule has 2 aromatic carbocycles. The van der Waals surface area contributed by atoms with Crippen LogP contribution in [0.15, 0.2) is 52.2 Å². The normalized spacial score (nSPS) is 14.8. The van der Waals surface area contributed by atoms with E-state index in [0.29, 0.717) is 43.1 Å². The molecular formula is C20H21N3O5S2. The van der Waals surface area contributed by atoms with E-state index in [2.05, 4.69) is 4.72 Å². The van der Waals surface area contributed by atoms with Gasteiger partial charge in [0.2, 0.25) is 0 Å². The number of fused-ring (bicyclic) bond motifs is 1. The van der Waals surface area contributed by atoms with Crippen molar-refractivity contribution in [1.29, 1.82) is 0 Å². The number of rotatable bonds is 5. The highest BCUT2D eigenvalue weighted by molar-refractivity contribution is 7.92. The topological polar surface area (TPSA) is 97.7 Å². The molecule has 0 spiro atoms. The summed E-state index contributed by atoms with van der Waals surface area (Å²) in [4.78, 5) is 26.5. The molecule has 30 heavy (non-hydrogen) atoms. The number of hydrogen-bond acceptors (Lipinski definition) is 6. The number of thiazole rings is 1. The molecule has 0 unspecified atom stereocenters. The van der Waals surface area contributed by atoms with Crippen LogP contribution < -0.4 is 9.60 Å². The second kappa shape index (κ2) is 8.21. The van der Waals surface area contributed by atoms with Gasteiger partial charge in [0.1, 0.15) is 0 Å². The molecule has 1 aliphatic heterocycles. The lowest BCUT2D eigenvalue weighted by Crippen LogP contribution is -2.41. The van der Waals surface area contributed by atoms with Gasteiger partial charge in [0, 0.05) is 19.6 Å². The van der Waals surface area contributed by atoms with E-state index < -0.39 is 10.0 Å². The van der Waals surface area contributed by atoms with Crippen molar-refractivity contribution in [3.05, 3.63) is 57.7 Å². The summed E-state index contributed by atoms with van der Waals surface area (Å²) in [6.07, 6.45) is 0. The minimum Gasteiger partial charge on any atom is -0.378 e. The molecule has 0 aliphatic carbocycles. The fraction of sp³-hybridized carbons (Fsp3) is 0.300. The highest BCUT2D eigenvalue weighted by Crippen LogP contribution is 2.25. The largest absolute Gasteiger partial charge is 0.378 e. The van der Waals surface area contributed by atoms with Crippen molar-refractivity contribution in [1.82, 2.24) is 9.47 Å². The molecule has 2 heterocycles. The van der Waals surface area contributed by atoms with Crippen LogP contribution in [-0.2, 0) is 21.3 Å². The van der Waals surface area contributed by atoms with Crippen molar-refractivity contribution in [2.24, 2.45) is 0 Å². The minimum absolute atomic E-state index is 0.0353. The number of anilines is 1. The van der Waals surface area contributed by atoms with Gasteiger partial charge in [0.15, 0.2) is 0 Å². The molecule has 0 bridgehead atoms. The third kappa shape index (κ3) is 3.85. The van der Waals surface area contributed by atoms with E-state index in [4.69, 9.17) is 4.74 Å². The minimum atomic E-state index is -3.95. The molecule has 0 atom stereocenters. The van der Waals surface area contributed by atoms with Gasteiger partial charge in [0.05, 0.1) is 39.6 Å². The molecular weight excluding hydrogens is 426 g/mol. The number of aryl methyl sites for hydroxylation is 1. The van der Waals surface area contributed by atoms with Crippen LogP contribution in [0.5, 0.6) is 0 Å². The van der Waals surface area contributed by atoms with Gasteiger partial charge in [-0.05, 0) is 37.3 Å². The van der Waals surface area contributed by atoms with Gasteiger partial charge in [-0.1, -0.05) is 23.5 Å². The Morgan fingerprint density at radius 1 is 1.17 bits per heavy atom. The van der Waals surface area contributed by atoms with Gasteiger partial charge in [-0.15, -0.1) is 0 Å². The van der Waals surface area contributed by atoms with Crippen molar-refractivity contribution in [2.75, 3.05) is 31.0 Å². The summed E-state index contributed by atoms with van der Waals surface area (Å²) in [6, 6.07) is 11.1. The van der Waals surface area contributed by atoms with E-state index in [1.807, 2.05) is 6.92 Å². The summed E-state index contributed by atoms with van der Waals surface area (Å²) < 4.78 is 36.1. The second-order valence-corrected chi connectivity index (χ2v) is 9.47. The van der Waals surface area contributed by atoms with Gasteiger partial charge in [0.25, 0.3) is 15.9 Å². The van der Waals surface area contributed by atoms with E-state index in [-0.39, 0.29) is 26.9 Å². The molecule has 1 N–H and O–H groups in total. The lowest BCUT2D eigenvalue weighted by Gasteiger charge is -2.27. The average molecular weight is 448 g/mol. The quantitative estimate of drug-likeness (QED) is 0.648. The summed E-state index contributed by atoms with van der Waals surface area (Å²) in [6.45, 7) is 4.22. The molecule has 1 aliphatic rings. The van der Waals surface area contributed by atoms with Crippen molar-refractivity contribution in [2.45, 2.75) is 18.4 Å². The molecule has 1 aromatic heterocycles. The maximum Gasteiger partial charge on any atom is 0.308 e. The maximum atomic E-state index is 13.0. The Kier molecular flexibility index (Phi) is 5.63. The molecule has 3 aromatic rings. The summed E-state index contributed by atoms with van der Waals surface area (Å²) in [5.41, 5.74) is 1.20. The molecule has 0 radical (unpaired) electrons. The molecule has 0 saturated carbocycles. The first kappa shape index (κ1) is 20.6. The van der Waals surface area contributed by atoms with Crippen LogP contribution in [0.1, 0.15) is 17.3 Å². The summed E-state index contributed by atoms with van der Waals surface area (Å²) in [5.74, 6) is -0.245. The number of sulfonamides is 1. The Labute approximate surface area is 177 Å². The number of nitrogens with one attached hydrogen (secondary N) is 1. The number of aromatic nitrogens is 1. The highest BCUT2D eigenvalue weighted by Gasteiger charge is 2.24. The van der Waals surface area contributed by atoms with Gasteiger partial charge >= 0.3 is 4.87 Å². The van der Waals surface area contributed by atoms with Crippen molar-refractivity contribution in [3.63, 3.8) is 0 Å². The molecule has 158 valence electrons. The Morgan fingerprint density at radius 2 is 1.90 bits per heavy atom. The predicted octanol–water partition coefficient (Wildman–Crippen LogP) is 2.36. The third-order valence-corrected chi connectivity index (χ3v) is 7.27. The van der Waals surface area contributed by atoms with Crippen LogP contribution >= 0.6 is 11.3 Å². The Morgan fingerprint density at radius 3 is 2.63 bits per heavy atom. The molecule has 4 rings (SSSR count). The molecule has 10 heteroatoms. The number of amides is 1. The Bertz CT molecular complexity index is 1260. The van der Waals surface area contributed by atoms with Crippen molar-refractivity contribution >= 4 is 43.2 Å². The molecule has 8 nitrogen and oxygen atoms in total. The van der Waals surface area contributed by atoms with Crippen molar-refractivity contribution in [3.8, 4) is 0 Å². The Hall–Kier alpha value is -2.69. The van der Waals surface area contributed by atoms with Crippen LogP contribution in [0.2, 0.25) is 0 Å². The lowest BCUT2D eigenvalue weighted by atomic mass is 10.1. The number of carbonyl (C=O) groups is 1. The van der Waals surface area contributed by atoms with E-state index in [9.17, 15) is 18.0 Å².